The molecule has 7 nitrogen and oxygen atoms in total. The molecule has 20 heavy (non-hydrogen) atoms. The highest BCUT2D eigenvalue weighted by Gasteiger charge is 2.22. The van der Waals surface area contributed by atoms with Gasteiger partial charge in [-0.1, -0.05) is 6.92 Å². The third kappa shape index (κ3) is 2.34. The normalized spacial score (nSPS) is 20.6. The van der Waals surface area contributed by atoms with Crippen LogP contribution in [0, 0.1) is 0 Å². The van der Waals surface area contributed by atoms with Crippen molar-refractivity contribution in [3.05, 3.63) is 12.0 Å². The van der Waals surface area contributed by atoms with E-state index < -0.39 is 0 Å². The van der Waals surface area contributed by atoms with Gasteiger partial charge in [-0.05, 0) is 6.42 Å². The first-order valence-corrected chi connectivity index (χ1v) is 6.95. The molecule has 3 heterocycles. The van der Waals surface area contributed by atoms with Crippen molar-refractivity contribution in [3.63, 3.8) is 0 Å². The van der Waals surface area contributed by atoms with Crippen LogP contribution in [0.1, 0.15) is 19.2 Å². The smallest absolute Gasteiger partial charge is 0.163 e. The van der Waals surface area contributed by atoms with Gasteiger partial charge in [0.2, 0.25) is 0 Å². The molecule has 0 saturated carbocycles. The molecule has 108 valence electrons. The van der Waals surface area contributed by atoms with Gasteiger partial charge in [0.25, 0.3) is 0 Å². The number of morpholine rings is 1. The number of nitrogens with two attached hydrogens (primary N) is 1. The number of hydrogen-bond donors (Lipinski definition) is 1. The van der Waals surface area contributed by atoms with Crippen LogP contribution in [-0.4, -0.2) is 50.4 Å². The van der Waals surface area contributed by atoms with E-state index in [9.17, 15) is 0 Å². The zero-order valence-corrected chi connectivity index (χ0v) is 11.9. The average Bonchev–Trinajstić information content (AvgIpc) is 2.82. The molecule has 2 N–H and O–H groups in total. The number of ether oxygens (including phenoxy) is 1. The van der Waals surface area contributed by atoms with Crippen LogP contribution in [0.25, 0.3) is 11.0 Å². The van der Waals surface area contributed by atoms with Crippen molar-refractivity contribution >= 4 is 16.9 Å². The predicted octanol–water partition coefficient (Wildman–Crippen LogP) is 0.556. The number of hydrogen-bond acceptors (Lipinski definition) is 6. The summed E-state index contributed by atoms with van der Waals surface area (Å²) in [5.41, 5.74) is 6.78. The fourth-order valence-corrected chi connectivity index (χ4v) is 2.62. The summed E-state index contributed by atoms with van der Waals surface area (Å²) in [5.74, 6) is 1.25. The molecule has 0 aromatic carbocycles. The number of fused-ring (bicyclic) bond motifs is 1. The molecule has 1 aliphatic heterocycles. The lowest BCUT2D eigenvalue weighted by Crippen LogP contribution is -2.44. The molecule has 7 heteroatoms. The molecular weight excluding hydrogens is 256 g/mol. The van der Waals surface area contributed by atoms with Gasteiger partial charge in [0.1, 0.15) is 11.6 Å². The van der Waals surface area contributed by atoms with E-state index in [0.717, 1.165) is 43.0 Å². The molecule has 1 fully saturated rings. The first-order valence-electron chi connectivity index (χ1n) is 6.95. The molecule has 0 bridgehead atoms. The van der Waals surface area contributed by atoms with E-state index in [4.69, 9.17) is 10.5 Å². The Balaban J connectivity index is 1.88. The molecule has 2 aromatic rings. The van der Waals surface area contributed by atoms with Crippen molar-refractivity contribution in [3.8, 4) is 0 Å². The van der Waals surface area contributed by atoms with Crippen molar-refractivity contribution in [1.82, 2.24) is 24.6 Å². The van der Waals surface area contributed by atoms with Crippen LogP contribution in [0.2, 0.25) is 0 Å². The summed E-state index contributed by atoms with van der Waals surface area (Å²) >= 11 is 0. The highest BCUT2D eigenvalue weighted by atomic mass is 16.5. The Morgan fingerprint density at radius 1 is 1.45 bits per heavy atom. The summed E-state index contributed by atoms with van der Waals surface area (Å²) in [6.07, 6.45) is 2.77. The Morgan fingerprint density at radius 3 is 3.10 bits per heavy atom. The lowest BCUT2D eigenvalue weighted by atomic mass is 10.2. The second-order valence-electron chi connectivity index (χ2n) is 5.14. The maximum atomic E-state index is 5.99. The highest BCUT2D eigenvalue weighted by molar-refractivity contribution is 5.84. The minimum absolute atomic E-state index is 0.427. The minimum Gasteiger partial charge on any atom is -0.383 e. The second-order valence-corrected chi connectivity index (χ2v) is 5.14. The maximum Gasteiger partial charge on any atom is 0.163 e. The van der Waals surface area contributed by atoms with Crippen molar-refractivity contribution in [2.24, 2.45) is 7.05 Å². The Bertz CT molecular complexity index is 610. The van der Waals surface area contributed by atoms with Crippen LogP contribution >= 0.6 is 0 Å². The number of aryl methyl sites for hydroxylation is 1. The molecule has 0 radical (unpaired) electrons. The van der Waals surface area contributed by atoms with Crippen LogP contribution in [0.4, 0.5) is 5.82 Å². The highest BCUT2D eigenvalue weighted by Crippen LogP contribution is 2.18. The monoisotopic (exact) mass is 276 g/mol. The molecule has 0 aliphatic carbocycles. The van der Waals surface area contributed by atoms with Crippen LogP contribution < -0.4 is 5.73 Å². The van der Waals surface area contributed by atoms with E-state index >= 15 is 0 Å². The lowest BCUT2D eigenvalue weighted by molar-refractivity contribution is -0.0137. The van der Waals surface area contributed by atoms with Gasteiger partial charge in [-0.25, -0.2) is 9.97 Å². The molecule has 0 amide bonds. The topological polar surface area (TPSA) is 82.1 Å². The van der Waals surface area contributed by atoms with Gasteiger partial charge in [0.15, 0.2) is 5.65 Å². The van der Waals surface area contributed by atoms with Gasteiger partial charge in [-0.15, -0.1) is 0 Å². The van der Waals surface area contributed by atoms with Gasteiger partial charge < -0.3 is 10.5 Å². The van der Waals surface area contributed by atoms with Gasteiger partial charge in [0, 0.05) is 19.6 Å². The largest absolute Gasteiger partial charge is 0.383 e. The molecule has 1 atom stereocenters. The third-order valence-corrected chi connectivity index (χ3v) is 3.83. The van der Waals surface area contributed by atoms with Crippen molar-refractivity contribution < 1.29 is 4.74 Å². The maximum absolute atomic E-state index is 5.99. The fraction of sp³-hybridized carbons (Fsp3) is 0.615. The molecular formula is C13H20N6O. The quantitative estimate of drug-likeness (QED) is 0.882. The number of rotatable bonds is 3. The third-order valence-electron chi connectivity index (χ3n) is 3.83. The van der Waals surface area contributed by atoms with Crippen LogP contribution in [-0.2, 0) is 18.3 Å². The van der Waals surface area contributed by atoms with E-state index in [1.165, 1.54) is 0 Å². The fourth-order valence-electron chi connectivity index (χ4n) is 2.62. The van der Waals surface area contributed by atoms with Crippen LogP contribution in [0.15, 0.2) is 6.20 Å². The SMILES string of the molecule is CCC1COCCN1Cc1nc(N)c2cnn(C)c2n1. The Labute approximate surface area is 117 Å². The average molecular weight is 276 g/mol. The standard InChI is InChI=1S/C13H20N6O/c1-3-9-8-20-5-4-19(9)7-11-16-12(14)10-6-15-18(2)13(10)17-11/h6,9H,3-5,7-8H2,1-2H3,(H2,14,16,17). The molecule has 1 aliphatic rings. The Hall–Kier alpha value is -1.73. The predicted molar refractivity (Wildman–Crippen MR) is 76.0 cm³/mol. The zero-order chi connectivity index (χ0) is 14.1. The Kier molecular flexibility index (Phi) is 3.54. The second kappa shape index (κ2) is 5.34. The number of nitrogen functional groups attached to an aromatic ring is 1. The number of nitrogens with zero attached hydrogens (tertiary/aromatic N) is 5. The van der Waals surface area contributed by atoms with Crippen LogP contribution in [0.3, 0.4) is 0 Å². The van der Waals surface area contributed by atoms with E-state index in [2.05, 4.69) is 26.9 Å². The lowest BCUT2D eigenvalue weighted by Gasteiger charge is -2.34. The van der Waals surface area contributed by atoms with Crippen molar-refractivity contribution in [2.75, 3.05) is 25.5 Å². The molecule has 0 spiro atoms. The number of anilines is 1. The van der Waals surface area contributed by atoms with Gasteiger partial charge in [0.05, 0.1) is 31.3 Å². The molecule has 1 unspecified atom stereocenters. The summed E-state index contributed by atoms with van der Waals surface area (Å²) in [5, 5.41) is 4.99. The molecule has 2 aromatic heterocycles. The minimum atomic E-state index is 0.427. The first-order chi connectivity index (χ1) is 9.69. The van der Waals surface area contributed by atoms with E-state index in [1.54, 1.807) is 10.9 Å². The molecule has 1 saturated heterocycles. The van der Waals surface area contributed by atoms with Crippen molar-refractivity contribution in [1.29, 1.82) is 0 Å². The van der Waals surface area contributed by atoms with E-state index in [0.29, 0.717) is 18.4 Å². The van der Waals surface area contributed by atoms with E-state index in [1.807, 2.05) is 7.05 Å². The Morgan fingerprint density at radius 2 is 2.30 bits per heavy atom. The summed E-state index contributed by atoms with van der Waals surface area (Å²) in [6.45, 7) is 5.32. The summed E-state index contributed by atoms with van der Waals surface area (Å²) in [7, 11) is 1.86. The van der Waals surface area contributed by atoms with Crippen molar-refractivity contribution in [2.45, 2.75) is 25.9 Å². The van der Waals surface area contributed by atoms with Gasteiger partial charge in [-0.2, -0.15) is 5.10 Å². The summed E-state index contributed by atoms with van der Waals surface area (Å²) < 4.78 is 7.25. The van der Waals surface area contributed by atoms with Gasteiger partial charge in [-0.3, -0.25) is 9.58 Å². The van der Waals surface area contributed by atoms with E-state index in [-0.39, 0.29) is 0 Å². The van der Waals surface area contributed by atoms with Gasteiger partial charge >= 0.3 is 0 Å². The summed E-state index contributed by atoms with van der Waals surface area (Å²) in [4.78, 5) is 11.4. The first kappa shape index (κ1) is 13.3. The van der Waals surface area contributed by atoms with Crippen LogP contribution in [0.5, 0.6) is 0 Å². The molecule has 3 rings (SSSR count). The summed E-state index contributed by atoms with van der Waals surface area (Å²) in [6, 6.07) is 0.427. The number of aromatic nitrogens is 4. The zero-order valence-electron chi connectivity index (χ0n) is 11.9.